The maximum absolute atomic E-state index is 6.12. The lowest BCUT2D eigenvalue weighted by molar-refractivity contribution is 0.683. The predicted molar refractivity (Wildman–Crippen MR) is 72.8 cm³/mol. The number of hydrogen-bond donors (Lipinski definition) is 2. The fourth-order valence-corrected chi connectivity index (χ4v) is 2.44. The van der Waals surface area contributed by atoms with Crippen LogP contribution in [0.15, 0.2) is 18.3 Å². The van der Waals surface area contributed by atoms with Crippen LogP contribution in [0.1, 0.15) is 24.0 Å². The lowest BCUT2D eigenvalue weighted by atomic mass is 10.1. The normalized spacial score (nSPS) is 15.6. The summed E-state index contributed by atoms with van der Waals surface area (Å²) in [5.41, 5.74) is 3.71. The smallest absolute Gasteiger partial charge is 0.0501 e. The number of fused-ring (bicyclic) bond motifs is 1. The van der Waals surface area contributed by atoms with Gasteiger partial charge in [-0.25, -0.2) is 0 Å². The molecule has 2 N–H and O–H groups in total. The molecule has 0 atom stereocenters. The number of aryl methyl sites for hydroxylation is 1. The summed E-state index contributed by atoms with van der Waals surface area (Å²) in [6.07, 6.45) is 5.89. The van der Waals surface area contributed by atoms with Crippen molar-refractivity contribution in [3.05, 3.63) is 34.5 Å². The summed E-state index contributed by atoms with van der Waals surface area (Å²) >= 11 is 6.12. The van der Waals surface area contributed by atoms with E-state index in [-0.39, 0.29) is 0 Å². The summed E-state index contributed by atoms with van der Waals surface area (Å²) in [6.45, 7) is 3.13. The number of rotatable bonds is 4. The van der Waals surface area contributed by atoms with E-state index in [1.807, 2.05) is 6.07 Å². The highest BCUT2D eigenvalue weighted by Crippen LogP contribution is 2.27. The van der Waals surface area contributed by atoms with Crippen LogP contribution in [0.3, 0.4) is 0 Å². The van der Waals surface area contributed by atoms with E-state index < -0.39 is 0 Å². The zero-order valence-electron chi connectivity index (χ0n) is 10.0. The summed E-state index contributed by atoms with van der Waals surface area (Å²) < 4.78 is 0. The zero-order valence-corrected chi connectivity index (χ0v) is 10.8. The third-order valence-electron chi connectivity index (χ3n) is 3.54. The fourth-order valence-electron chi connectivity index (χ4n) is 2.28. The summed E-state index contributed by atoms with van der Waals surface area (Å²) in [5, 5.41) is 5.69. The van der Waals surface area contributed by atoms with Crippen molar-refractivity contribution >= 4 is 22.5 Å². The molecule has 1 fully saturated rings. The maximum atomic E-state index is 6.12. The Morgan fingerprint density at radius 2 is 2.24 bits per heavy atom. The van der Waals surface area contributed by atoms with E-state index in [1.165, 1.54) is 29.3 Å². The number of nitrogens with one attached hydrogen (secondary N) is 2. The molecule has 0 spiro atoms. The molecule has 0 saturated heterocycles. The molecular formula is C14H17ClN2. The molecule has 0 amide bonds. The van der Waals surface area contributed by atoms with Crippen molar-refractivity contribution in [2.45, 2.75) is 32.2 Å². The van der Waals surface area contributed by atoms with Gasteiger partial charge in [0, 0.05) is 22.6 Å². The third-order valence-corrected chi connectivity index (χ3v) is 3.95. The summed E-state index contributed by atoms with van der Waals surface area (Å²) in [6, 6.07) is 4.90. The predicted octanol–water partition coefficient (Wildman–Crippen LogP) is 3.42. The van der Waals surface area contributed by atoms with Gasteiger partial charge in [0.1, 0.15) is 0 Å². The first-order valence-electron chi connectivity index (χ1n) is 6.24. The Morgan fingerprint density at radius 3 is 3.00 bits per heavy atom. The molecule has 2 nitrogen and oxygen atoms in total. The van der Waals surface area contributed by atoms with Crippen LogP contribution >= 0.6 is 11.6 Å². The van der Waals surface area contributed by atoms with Crippen molar-refractivity contribution in [2.24, 2.45) is 0 Å². The average Bonchev–Trinajstić information content (AvgIpc) is 3.04. The molecule has 0 radical (unpaired) electrons. The van der Waals surface area contributed by atoms with Crippen molar-refractivity contribution in [2.75, 3.05) is 6.54 Å². The van der Waals surface area contributed by atoms with Crippen molar-refractivity contribution in [1.29, 1.82) is 0 Å². The number of halogens is 1. The third kappa shape index (κ3) is 2.20. The molecule has 1 heterocycles. The van der Waals surface area contributed by atoms with Crippen molar-refractivity contribution in [1.82, 2.24) is 10.3 Å². The minimum Gasteiger partial charge on any atom is -0.361 e. The number of H-pyrrole nitrogens is 1. The first kappa shape index (κ1) is 11.1. The van der Waals surface area contributed by atoms with Gasteiger partial charge in [0.2, 0.25) is 0 Å². The first-order valence-corrected chi connectivity index (χ1v) is 6.62. The van der Waals surface area contributed by atoms with E-state index in [4.69, 9.17) is 11.6 Å². The molecule has 17 heavy (non-hydrogen) atoms. The van der Waals surface area contributed by atoms with Gasteiger partial charge in [0.25, 0.3) is 0 Å². The van der Waals surface area contributed by atoms with E-state index in [1.54, 1.807) is 0 Å². The van der Waals surface area contributed by atoms with E-state index in [9.17, 15) is 0 Å². The molecular weight excluding hydrogens is 232 g/mol. The SMILES string of the molecule is Cc1c(Cl)ccc2c(CCNC3CC3)c[nH]c12. The molecule has 0 bridgehead atoms. The second-order valence-corrected chi connectivity index (χ2v) is 5.29. The Bertz CT molecular complexity index is 540. The van der Waals surface area contributed by atoms with Crippen LogP contribution in [-0.4, -0.2) is 17.6 Å². The Morgan fingerprint density at radius 1 is 1.41 bits per heavy atom. The molecule has 3 heteroatoms. The number of hydrogen-bond acceptors (Lipinski definition) is 1. The van der Waals surface area contributed by atoms with Gasteiger partial charge in [-0.05, 0) is 49.9 Å². The molecule has 90 valence electrons. The second-order valence-electron chi connectivity index (χ2n) is 4.89. The minimum absolute atomic E-state index is 0.788. The van der Waals surface area contributed by atoms with Crippen LogP contribution in [0.4, 0.5) is 0 Å². The van der Waals surface area contributed by atoms with E-state index in [0.717, 1.165) is 29.6 Å². The lowest BCUT2D eigenvalue weighted by Gasteiger charge is -2.03. The Hall–Kier alpha value is -0.990. The summed E-state index contributed by atoms with van der Waals surface area (Å²) in [5.74, 6) is 0. The van der Waals surface area contributed by atoms with E-state index in [2.05, 4.69) is 29.5 Å². The summed E-state index contributed by atoms with van der Waals surface area (Å²) in [7, 11) is 0. The first-order chi connectivity index (χ1) is 8.25. The van der Waals surface area contributed by atoms with E-state index in [0.29, 0.717) is 0 Å². The molecule has 1 aromatic heterocycles. The summed E-state index contributed by atoms with van der Waals surface area (Å²) in [4.78, 5) is 3.34. The molecule has 0 unspecified atom stereocenters. The van der Waals surface area contributed by atoms with E-state index >= 15 is 0 Å². The Balaban J connectivity index is 1.81. The van der Waals surface area contributed by atoms with Crippen LogP contribution in [-0.2, 0) is 6.42 Å². The Kier molecular flexibility index (Phi) is 2.85. The van der Waals surface area contributed by atoms with Crippen LogP contribution < -0.4 is 5.32 Å². The van der Waals surface area contributed by atoms with Gasteiger partial charge < -0.3 is 10.3 Å². The van der Waals surface area contributed by atoms with Gasteiger partial charge in [-0.2, -0.15) is 0 Å². The topological polar surface area (TPSA) is 27.8 Å². The van der Waals surface area contributed by atoms with Crippen LogP contribution in [0.25, 0.3) is 10.9 Å². The standard InChI is InChI=1S/C14H17ClN2/c1-9-13(15)5-4-12-10(8-17-14(9)12)6-7-16-11-2-3-11/h4-5,8,11,16-17H,2-3,6-7H2,1H3. The molecule has 2 aromatic rings. The molecule has 1 aliphatic carbocycles. The van der Waals surface area contributed by atoms with Gasteiger partial charge >= 0.3 is 0 Å². The average molecular weight is 249 g/mol. The quantitative estimate of drug-likeness (QED) is 0.853. The second kappa shape index (κ2) is 4.35. The molecule has 1 aliphatic rings. The lowest BCUT2D eigenvalue weighted by Crippen LogP contribution is -2.19. The molecule has 3 rings (SSSR count). The van der Waals surface area contributed by atoms with Gasteiger partial charge in [0.15, 0.2) is 0 Å². The Labute approximate surface area is 106 Å². The maximum Gasteiger partial charge on any atom is 0.0501 e. The van der Waals surface area contributed by atoms with Gasteiger partial charge in [-0.3, -0.25) is 0 Å². The molecule has 1 aromatic carbocycles. The van der Waals surface area contributed by atoms with Crippen molar-refractivity contribution < 1.29 is 0 Å². The highest BCUT2D eigenvalue weighted by Gasteiger charge is 2.19. The van der Waals surface area contributed by atoms with Gasteiger partial charge in [-0.1, -0.05) is 17.7 Å². The largest absolute Gasteiger partial charge is 0.361 e. The fraction of sp³-hybridized carbons (Fsp3) is 0.429. The van der Waals surface area contributed by atoms with Crippen molar-refractivity contribution in [3.63, 3.8) is 0 Å². The number of aromatic nitrogens is 1. The molecule has 1 saturated carbocycles. The number of aromatic amines is 1. The highest BCUT2D eigenvalue weighted by atomic mass is 35.5. The minimum atomic E-state index is 0.788. The van der Waals surface area contributed by atoms with Crippen LogP contribution in [0.5, 0.6) is 0 Å². The van der Waals surface area contributed by atoms with Gasteiger partial charge in [-0.15, -0.1) is 0 Å². The van der Waals surface area contributed by atoms with Crippen LogP contribution in [0, 0.1) is 6.92 Å². The number of benzene rings is 1. The monoisotopic (exact) mass is 248 g/mol. The van der Waals surface area contributed by atoms with Crippen molar-refractivity contribution in [3.8, 4) is 0 Å². The van der Waals surface area contributed by atoms with Gasteiger partial charge in [0.05, 0.1) is 5.52 Å². The van der Waals surface area contributed by atoms with Crippen LogP contribution in [0.2, 0.25) is 5.02 Å². The zero-order chi connectivity index (χ0) is 11.8. The highest BCUT2D eigenvalue weighted by molar-refractivity contribution is 6.32. The molecule has 0 aliphatic heterocycles.